The maximum atomic E-state index is 13.6. The van der Waals surface area contributed by atoms with Gasteiger partial charge >= 0.3 is 12.1 Å². The van der Waals surface area contributed by atoms with Crippen molar-refractivity contribution in [1.29, 1.82) is 0 Å². The number of hydrogen-bond acceptors (Lipinski definition) is 7. The number of pyridine rings is 1. The molecule has 44 heavy (non-hydrogen) atoms. The standard InChI is InChI=1S/C30H32ClF3N2O8/c1-29(2,3)44-11-10-22(27(38)35-18-7-8-19(28(39)40)24(13-18)41-4)36-15-25(42-5)21(14-26(36)37)20-12-17(31)6-9-23(20)43-16-30(32,33)34/h6-9,12-15,22H,10-11,16H2,1-5H3,(H,35,38)(H,39,40). The monoisotopic (exact) mass is 640 g/mol. The normalized spacial score (nSPS) is 12.4. The van der Waals surface area contributed by atoms with Gasteiger partial charge in [-0.25, -0.2) is 4.79 Å². The maximum Gasteiger partial charge on any atom is 0.422 e. The Hall–Kier alpha value is -4.23. The molecular weight excluding hydrogens is 609 g/mol. The third kappa shape index (κ3) is 9.13. The first kappa shape index (κ1) is 34.3. The van der Waals surface area contributed by atoms with Crippen molar-refractivity contribution in [3.8, 4) is 28.4 Å². The molecule has 0 fully saturated rings. The zero-order chi connectivity index (χ0) is 32.8. The molecule has 0 saturated heterocycles. The number of alkyl halides is 3. The van der Waals surface area contributed by atoms with Crippen molar-refractivity contribution in [3.63, 3.8) is 0 Å². The van der Waals surface area contributed by atoms with Crippen LogP contribution in [0.25, 0.3) is 11.1 Å². The molecule has 1 amide bonds. The minimum atomic E-state index is -4.61. The van der Waals surface area contributed by atoms with E-state index in [9.17, 15) is 32.7 Å². The van der Waals surface area contributed by atoms with Crippen LogP contribution in [-0.4, -0.2) is 60.8 Å². The summed E-state index contributed by atoms with van der Waals surface area (Å²) in [5.74, 6) is -1.99. The third-order valence-corrected chi connectivity index (χ3v) is 6.39. The molecule has 2 aromatic carbocycles. The third-order valence-electron chi connectivity index (χ3n) is 6.15. The van der Waals surface area contributed by atoms with Gasteiger partial charge in [0.2, 0.25) is 5.91 Å². The molecule has 1 heterocycles. The number of benzene rings is 2. The molecule has 1 unspecified atom stereocenters. The number of nitrogens with one attached hydrogen (secondary N) is 1. The number of hydrogen-bond donors (Lipinski definition) is 2. The molecule has 14 heteroatoms. The second kappa shape index (κ2) is 14.0. The predicted molar refractivity (Wildman–Crippen MR) is 157 cm³/mol. The quantitative estimate of drug-likeness (QED) is 0.239. The van der Waals surface area contributed by atoms with Crippen LogP contribution in [0.5, 0.6) is 17.2 Å². The van der Waals surface area contributed by atoms with E-state index in [4.69, 9.17) is 30.5 Å². The Bertz CT molecular complexity index is 1570. The summed E-state index contributed by atoms with van der Waals surface area (Å²) in [4.78, 5) is 38.6. The number of carboxylic acids is 1. The number of ether oxygens (including phenoxy) is 4. The Morgan fingerprint density at radius 3 is 2.23 bits per heavy atom. The van der Waals surface area contributed by atoms with Crippen molar-refractivity contribution in [2.24, 2.45) is 0 Å². The van der Waals surface area contributed by atoms with E-state index in [2.05, 4.69) is 5.32 Å². The van der Waals surface area contributed by atoms with E-state index in [0.29, 0.717) is 0 Å². The first-order valence-corrected chi connectivity index (χ1v) is 13.6. The Balaban J connectivity index is 2.06. The van der Waals surface area contributed by atoms with E-state index in [1.165, 1.54) is 56.8 Å². The van der Waals surface area contributed by atoms with Crippen LogP contribution in [0.1, 0.15) is 43.6 Å². The van der Waals surface area contributed by atoms with E-state index >= 15 is 0 Å². The van der Waals surface area contributed by atoms with Gasteiger partial charge in [-0.3, -0.25) is 14.2 Å². The van der Waals surface area contributed by atoms with Crippen molar-refractivity contribution < 1.29 is 46.8 Å². The molecule has 3 rings (SSSR count). The molecule has 10 nitrogen and oxygen atoms in total. The molecule has 3 aromatic rings. The SMILES string of the molecule is COc1cc(NC(=O)C(CCOC(C)(C)C)n2cc(OC)c(-c3cc(Cl)ccc3OCC(F)(F)F)cc2=O)ccc1C(=O)O. The molecule has 0 radical (unpaired) electrons. The molecule has 1 aromatic heterocycles. The summed E-state index contributed by atoms with van der Waals surface area (Å²) >= 11 is 6.12. The van der Waals surface area contributed by atoms with Crippen molar-refractivity contribution in [1.82, 2.24) is 4.57 Å². The zero-order valence-corrected chi connectivity index (χ0v) is 25.3. The highest BCUT2D eigenvalue weighted by atomic mass is 35.5. The van der Waals surface area contributed by atoms with Gasteiger partial charge in [-0.15, -0.1) is 0 Å². The number of aromatic nitrogens is 1. The highest BCUT2D eigenvalue weighted by Crippen LogP contribution is 2.38. The van der Waals surface area contributed by atoms with Gasteiger partial charge in [-0.05, 0) is 51.1 Å². The molecule has 1 atom stereocenters. The lowest BCUT2D eigenvalue weighted by Crippen LogP contribution is -2.34. The van der Waals surface area contributed by atoms with Crippen LogP contribution < -0.4 is 25.1 Å². The number of carboxylic acid groups (broad SMARTS) is 1. The van der Waals surface area contributed by atoms with Crippen molar-refractivity contribution in [2.75, 3.05) is 32.8 Å². The first-order chi connectivity index (χ1) is 20.5. The molecule has 0 aliphatic carbocycles. The van der Waals surface area contributed by atoms with Crippen LogP contribution in [-0.2, 0) is 9.53 Å². The number of aromatic carboxylic acids is 1. The summed E-state index contributed by atoms with van der Waals surface area (Å²) < 4.78 is 61.2. The van der Waals surface area contributed by atoms with Gasteiger partial charge in [-0.1, -0.05) is 11.6 Å². The van der Waals surface area contributed by atoms with Gasteiger partial charge in [0.05, 0.1) is 26.0 Å². The van der Waals surface area contributed by atoms with Gasteiger partial charge in [0.15, 0.2) is 6.61 Å². The summed E-state index contributed by atoms with van der Waals surface area (Å²) in [6.45, 7) is 3.97. The number of anilines is 1. The first-order valence-electron chi connectivity index (χ1n) is 13.2. The molecular formula is C30H32ClF3N2O8. The lowest BCUT2D eigenvalue weighted by molar-refractivity contribution is -0.153. The van der Waals surface area contributed by atoms with E-state index in [0.717, 1.165) is 10.6 Å². The molecule has 0 saturated carbocycles. The highest BCUT2D eigenvalue weighted by molar-refractivity contribution is 6.31. The van der Waals surface area contributed by atoms with Crippen molar-refractivity contribution in [3.05, 3.63) is 69.6 Å². The topological polar surface area (TPSA) is 125 Å². The molecule has 0 bridgehead atoms. The van der Waals surface area contributed by atoms with Crippen LogP contribution >= 0.6 is 11.6 Å². The summed E-state index contributed by atoms with van der Waals surface area (Å²) in [7, 11) is 2.58. The van der Waals surface area contributed by atoms with Crippen LogP contribution in [0.4, 0.5) is 18.9 Å². The second-order valence-corrected chi connectivity index (χ2v) is 11.0. The summed E-state index contributed by atoms with van der Waals surface area (Å²) in [6, 6.07) is 7.86. The predicted octanol–water partition coefficient (Wildman–Crippen LogP) is 6.21. The average molecular weight is 641 g/mol. The van der Waals surface area contributed by atoms with E-state index in [-0.39, 0.29) is 57.7 Å². The number of methoxy groups -OCH3 is 2. The Kier molecular flexibility index (Phi) is 10.9. The largest absolute Gasteiger partial charge is 0.496 e. The van der Waals surface area contributed by atoms with Crippen LogP contribution in [0.3, 0.4) is 0 Å². The minimum Gasteiger partial charge on any atom is -0.496 e. The molecule has 0 spiro atoms. The summed E-state index contributed by atoms with van der Waals surface area (Å²) in [6.07, 6.45) is -3.31. The number of nitrogens with zero attached hydrogens (tertiary/aromatic N) is 1. The second-order valence-electron chi connectivity index (χ2n) is 10.5. The van der Waals surface area contributed by atoms with Gasteiger partial charge < -0.3 is 29.4 Å². The summed E-state index contributed by atoms with van der Waals surface area (Å²) in [5.41, 5.74) is -0.972. The Labute approximate surface area is 256 Å². The molecule has 238 valence electrons. The molecule has 0 aliphatic rings. The maximum absolute atomic E-state index is 13.6. The van der Waals surface area contributed by atoms with Crippen molar-refractivity contribution in [2.45, 2.75) is 45.0 Å². The fourth-order valence-corrected chi connectivity index (χ4v) is 4.36. The molecule has 2 N–H and O–H groups in total. The Morgan fingerprint density at radius 1 is 0.977 bits per heavy atom. The highest BCUT2D eigenvalue weighted by Gasteiger charge is 2.30. The number of carbonyl (C=O) groups excluding carboxylic acids is 1. The van der Waals surface area contributed by atoms with Gasteiger partial charge in [0.25, 0.3) is 5.56 Å². The van der Waals surface area contributed by atoms with Crippen molar-refractivity contribution >= 4 is 29.2 Å². The fourth-order valence-electron chi connectivity index (χ4n) is 4.19. The van der Waals surface area contributed by atoms with Gasteiger partial charge in [0, 0.05) is 47.0 Å². The van der Waals surface area contributed by atoms with Gasteiger partial charge in [-0.2, -0.15) is 13.2 Å². The zero-order valence-electron chi connectivity index (χ0n) is 24.6. The minimum absolute atomic E-state index is 0.0103. The number of amides is 1. The number of rotatable bonds is 12. The van der Waals surface area contributed by atoms with E-state index < -0.39 is 41.9 Å². The fraction of sp³-hybridized carbons (Fsp3) is 0.367. The lowest BCUT2D eigenvalue weighted by atomic mass is 10.0. The summed E-state index contributed by atoms with van der Waals surface area (Å²) in [5, 5.41) is 12.2. The van der Waals surface area contributed by atoms with Crippen LogP contribution in [0, 0.1) is 0 Å². The number of carbonyl (C=O) groups is 2. The van der Waals surface area contributed by atoms with Crippen LogP contribution in [0.15, 0.2) is 53.5 Å². The van der Waals surface area contributed by atoms with E-state index in [1.807, 2.05) is 20.8 Å². The average Bonchev–Trinajstić information content (AvgIpc) is 2.93. The van der Waals surface area contributed by atoms with E-state index in [1.54, 1.807) is 0 Å². The van der Waals surface area contributed by atoms with Gasteiger partial charge in [0.1, 0.15) is 28.9 Å². The smallest absolute Gasteiger partial charge is 0.422 e. The Morgan fingerprint density at radius 2 is 1.64 bits per heavy atom. The lowest BCUT2D eigenvalue weighted by Gasteiger charge is -2.24. The number of halogens is 4. The molecule has 0 aliphatic heterocycles. The van der Waals surface area contributed by atoms with Crippen LogP contribution in [0.2, 0.25) is 5.02 Å².